The Labute approximate surface area is 105 Å². The molecule has 0 spiro atoms. The lowest BCUT2D eigenvalue weighted by Gasteiger charge is -2.22. The average Bonchev–Trinajstić information content (AvgIpc) is 2.28. The SMILES string of the molecule is CCC(C)NC(=O)CCNCCC(C)(C)OC. The zero-order valence-corrected chi connectivity index (χ0v) is 11.9. The van der Waals surface area contributed by atoms with E-state index in [-0.39, 0.29) is 17.6 Å². The van der Waals surface area contributed by atoms with Crippen LogP contribution in [0.3, 0.4) is 0 Å². The van der Waals surface area contributed by atoms with Crippen LogP contribution in [0.1, 0.15) is 47.0 Å². The number of carbonyl (C=O) groups is 1. The summed E-state index contributed by atoms with van der Waals surface area (Å²) in [6, 6.07) is 0.273. The first-order chi connectivity index (χ1) is 7.91. The second-order valence-corrected chi connectivity index (χ2v) is 5.09. The third-order valence-corrected chi connectivity index (χ3v) is 3.01. The Hall–Kier alpha value is -0.610. The molecule has 0 rings (SSSR count). The molecule has 2 N–H and O–H groups in total. The maximum Gasteiger partial charge on any atom is 0.221 e. The lowest BCUT2D eigenvalue weighted by atomic mass is 10.1. The van der Waals surface area contributed by atoms with Gasteiger partial charge in [-0.3, -0.25) is 4.79 Å². The molecule has 1 unspecified atom stereocenters. The minimum absolute atomic E-state index is 0.0913. The van der Waals surface area contributed by atoms with Gasteiger partial charge in [0.2, 0.25) is 5.91 Å². The summed E-state index contributed by atoms with van der Waals surface area (Å²) >= 11 is 0. The second-order valence-electron chi connectivity index (χ2n) is 5.09. The highest BCUT2D eigenvalue weighted by Crippen LogP contribution is 2.11. The van der Waals surface area contributed by atoms with E-state index in [0.29, 0.717) is 6.42 Å². The topological polar surface area (TPSA) is 50.4 Å². The Balaban J connectivity index is 3.49. The molecule has 0 aliphatic rings. The van der Waals surface area contributed by atoms with Crippen LogP contribution in [0.5, 0.6) is 0 Å². The van der Waals surface area contributed by atoms with Crippen molar-refractivity contribution in [2.24, 2.45) is 0 Å². The van der Waals surface area contributed by atoms with Gasteiger partial charge in [-0.15, -0.1) is 0 Å². The van der Waals surface area contributed by atoms with Crippen molar-refractivity contribution < 1.29 is 9.53 Å². The molecule has 1 amide bonds. The van der Waals surface area contributed by atoms with E-state index < -0.39 is 0 Å². The molecule has 0 aliphatic carbocycles. The molecule has 17 heavy (non-hydrogen) atoms. The number of amides is 1. The maximum absolute atomic E-state index is 11.5. The average molecular weight is 244 g/mol. The summed E-state index contributed by atoms with van der Waals surface area (Å²) in [7, 11) is 1.72. The predicted octanol–water partition coefficient (Wildman–Crippen LogP) is 1.70. The van der Waals surface area contributed by atoms with Crippen LogP contribution in [-0.2, 0) is 9.53 Å². The van der Waals surface area contributed by atoms with Gasteiger partial charge in [0.05, 0.1) is 5.60 Å². The predicted molar refractivity (Wildman–Crippen MR) is 71.1 cm³/mol. The summed E-state index contributed by atoms with van der Waals surface area (Å²) in [5.74, 6) is 0.123. The van der Waals surface area contributed by atoms with E-state index in [9.17, 15) is 4.79 Å². The molecule has 4 nitrogen and oxygen atoms in total. The van der Waals surface area contributed by atoms with Crippen molar-refractivity contribution in [2.75, 3.05) is 20.2 Å². The minimum atomic E-state index is -0.0913. The fourth-order valence-electron chi connectivity index (χ4n) is 1.27. The molecular formula is C13H28N2O2. The number of hydrogen-bond acceptors (Lipinski definition) is 3. The largest absolute Gasteiger partial charge is 0.379 e. The van der Waals surface area contributed by atoms with Crippen LogP contribution in [0.25, 0.3) is 0 Å². The highest BCUT2D eigenvalue weighted by atomic mass is 16.5. The molecule has 0 bridgehead atoms. The van der Waals surface area contributed by atoms with Crippen molar-refractivity contribution in [3.63, 3.8) is 0 Å². The van der Waals surface area contributed by atoms with Crippen molar-refractivity contribution in [1.29, 1.82) is 0 Å². The molecule has 4 heteroatoms. The van der Waals surface area contributed by atoms with Gasteiger partial charge in [-0.1, -0.05) is 6.92 Å². The van der Waals surface area contributed by atoms with E-state index in [0.717, 1.165) is 25.9 Å². The molecule has 0 fully saturated rings. The van der Waals surface area contributed by atoms with E-state index in [4.69, 9.17) is 4.74 Å². The Bertz CT molecular complexity index is 217. The molecule has 0 aromatic heterocycles. The van der Waals surface area contributed by atoms with E-state index in [1.54, 1.807) is 7.11 Å². The zero-order valence-electron chi connectivity index (χ0n) is 11.9. The molecule has 0 aromatic rings. The first-order valence-corrected chi connectivity index (χ1v) is 6.46. The minimum Gasteiger partial charge on any atom is -0.379 e. The van der Waals surface area contributed by atoms with Crippen LogP contribution >= 0.6 is 0 Å². The number of hydrogen-bond donors (Lipinski definition) is 2. The van der Waals surface area contributed by atoms with Crippen molar-refractivity contribution >= 4 is 5.91 Å². The van der Waals surface area contributed by atoms with E-state index in [2.05, 4.69) is 31.4 Å². The third-order valence-electron chi connectivity index (χ3n) is 3.01. The Morgan fingerprint density at radius 3 is 2.53 bits per heavy atom. The molecule has 0 aromatic carbocycles. The van der Waals surface area contributed by atoms with Gasteiger partial charge in [0.1, 0.15) is 0 Å². The molecular weight excluding hydrogens is 216 g/mol. The normalized spacial score (nSPS) is 13.5. The number of methoxy groups -OCH3 is 1. The van der Waals surface area contributed by atoms with Crippen LogP contribution in [0.2, 0.25) is 0 Å². The second kappa shape index (κ2) is 8.48. The Kier molecular flexibility index (Phi) is 8.17. The van der Waals surface area contributed by atoms with Gasteiger partial charge in [-0.05, 0) is 40.2 Å². The van der Waals surface area contributed by atoms with E-state index in [1.165, 1.54) is 0 Å². The van der Waals surface area contributed by atoms with Gasteiger partial charge >= 0.3 is 0 Å². The van der Waals surface area contributed by atoms with Crippen molar-refractivity contribution in [3.05, 3.63) is 0 Å². The van der Waals surface area contributed by atoms with Crippen LogP contribution in [-0.4, -0.2) is 37.7 Å². The number of carbonyl (C=O) groups excluding carboxylic acids is 1. The molecule has 0 saturated carbocycles. The highest BCUT2D eigenvalue weighted by Gasteiger charge is 2.15. The molecule has 0 aliphatic heterocycles. The lowest BCUT2D eigenvalue weighted by Crippen LogP contribution is -2.35. The smallest absolute Gasteiger partial charge is 0.221 e. The van der Waals surface area contributed by atoms with Gasteiger partial charge in [0.15, 0.2) is 0 Å². The van der Waals surface area contributed by atoms with Gasteiger partial charge in [0, 0.05) is 26.1 Å². The van der Waals surface area contributed by atoms with Crippen LogP contribution in [0.15, 0.2) is 0 Å². The monoisotopic (exact) mass is 244 g/mol. The number of nitrogens with one attached hydrogen (secondary N) is 2. The summed E-state index contributed by atoms with van der Waals surface area (Å²) < 4.78 is 5.31. The van der Waals surface area contributed by atoms with Gasteiger partial charge < -0.3 is 15.4 Å². The fraction of sp³-hybridized carbons (Fsp3) is 0.923. The third kappa shape index (κ3) is 9.12. The van der Waals surface area contributed by atoms with Crippen LogP contribution in [0.4, 0.5) is 0 Å². The van der Waals surface area contributed by atoms with Crippen molar-refractivity contribution in [1.82, 2.24) is 10.6 Å². The van der Waals surface area contributed by atoms with Gasteiger partial charge in [-0.25, -0.2) is 0 Å². The highest BCUT2D eigenvalue weighted by molar-refractivity contribution is 5.76. The maximum atomic E-state index is 11.5. The molecule has 0 radical (unpaired) electrons. The zero-order chi connectivity index (χ0) is 13.3. The molecule has 1 atom stereocenters. The van der Waals surface area contributed by atoms with E-state index in [1.807, 2.05) is 6.92 Å². The Morgan fingerprint density at radius 2 is 2.00 bits per heavy atom. The summed E-state index contributed by atoms with van der Waals surface area (Å²) in [5.41, 5.74) is -0.0913. The van der Waals surface area contributed by atoms with E-state index >= 15 is 0 Å². The summed E-state index contributed by atoms with van der Waals surface area (Å²) in [4.78, 5) is 11.5. The molecule has 102 valence electrons. The summed E-state index contributed by atoms with van der Waals surface area (Å²) in [6.45, 7) is 9.80. The number of rotatable bonds is 9. The standard InChI is InChI=1S/C13H28N2O2/c1-6-11(2)15-12(16)7-9-14-10-8-13(3,4)17-5/h11,14H,6-10H2,1-5H3,(H,15,16). The van der Waals surface area contributed by atoms with Crippen LogP contribution < -0.4 is 10.6 Å². The summed E-state index contributed by atoms with van der Waals surface area (Å²) in [5, 5.41) is 6.20. The Morgan fingerprint density at radius 1 is 1.35 bits per heavy atom. The van der Waals surface area contributed by atoms with Crippen molar-refractivity contribution in [2.45, 2.75) is 58.6 Å². The van der Waals surface area contributed by atoms with Crippen molar-refractivity contribution in [3.8, 4) is 0 Å². The lowest BCUT2D eigenvalue weighted by molar-refractivity contribution is -0.121. The van der Waals surface area contributed by atoms with Gasteiger partial charge in [0.25, 0.3) is 0 Å². The van der Waals surface area contributed by atoms with Crippen LogP contribution in [0, 0.1) is 0 Å². The summed E-state index contributed by atoms with van der Waals surface area (Å²) in [6.07, 6.45) is 2.45. The quantitative estimate of drug-likeness (QED) is 0.607. The van der Waals surface area contributed by atoms with Gasteiger partial charge in [-0.2, -0.15) is 0 Å². The first-order valence-electron chi connectivity index (χ1n) is 6.46. The number of ether oxygens (including phenoxy) is 1. The first kappa shape index (κ1) is 16.4. The fourth-order valence-corrected chi connectivity index (χ4v) is 1.27. The molecule has 0 heterocycles. The molecule has 0 saturated heterocycles.